The monoisotopic (exact) mass is 315 g/mol. The van der Waals surface area contributed by atoms with Gasteiger partial charge >= 0.3 is 0 Å². The molecule has 1 N–H and O–H groups in total. The van der Waals surface area contributed by atoms with E-state index in [4.69, 9.17) is 0 Å². The van der Waals surface area contributed by atoms with Gasteiger partial charge in [-0.3, -0.25) is 9.48 Å². The average molecular weight is 315 g/mol. The van der Waals surface area contributed by atoms with Crippen LogP contribution in [0.1, 0.15) is 36.2 Å². The maximum absolute atomic E-state index is 12.7. The van der Waals surface area contributed by atoms with Gasteiger partial charge in [-0.1, -0.05) is 17.4 Å². The Labute approximate surface area is 136 Å². The minimum atomic E-state index is 0.0485. The number of amides is 1. The number of rotatable bonds is 3. The Morgan fingerprint density at radius 1 is 1.26 bits per heavy atom. The lowest BCUT2D eigenvalue weighted by Crippen LogP contribution is -2.32. The van der Waals surface area contributed by atoms with E-state index in [9.17, 15) is 4.79 Å². The third-order valence-corrected chi connectivity index (χ3v) is 5.51. The summed E-state index contributed by atoms with van der Waals surface area (Å²) in [5.74, 6) is 1.90. The van der Waals surface area contributed by atoms with Crippen LogP contribution in [0.15, 0.2) is 18.3 Å². The molecule has 0 radical (unpaired) electrons. The Bertz CT molecular complexity index is 574. The molecule has 4 rings (SSSR count). The minimum absolute atomic E-state index is 0.0485. The van der Waals surface area contributed by atoms with E-state index in [0.717, 1.165) is 45.6 Å². The van der Waals surface area contributed by atoms with Crippen LogP contribution >= 0.6 is 0 Å². The highest BCUT2D eigenvalue weighted by Gasteiger charge is 2.36. The summed E-state index contributed by atoms with van der Waals surface area (Å²) in [7, 11) is 0. The first-order valence-electron chi connectivity index (χ1n) is 8.84. The molecule has 2 aliphatic heterocycles. The second kappa shape index (κ2) is 6.43. The normalized spacial score (nSPS) is 30.4. The zero-order valence-corrected chi connectivity index (χ0v) is 13.5. The van der Waals surface area contributed by atoms with E-state index < -0.39 is 0 Å². The number of fused-ring (bicyclic) bond motifs is 1. The summed E-state index contributed by atoms with van der Waals surface area (Å²) < 4.78 is 1.84. The van der Waals surface area contributed by atoms with Gasteiger partial charge in [-0.25, -0.2) is 0 Å². The van der Waals surface area contributed by atoms with Crippen molar-refractivity contribution in [2.75, 3.05) is 26.2 Å². The average Bonchev–Trinajstić information content (AvgIpc) is 3.21. The Balaban J connectivity index is 1.37. The molecule has 1 aromatic heterocycles. The number of aromatic nitrogens is 3. The van der Waals surface area contributed by atoms with Crippen LogP contribution in [0.3, 0.4) is 0 Å². The topological polar surface area (TPSA) is 63.1 Å². The summed E-state index contributed by atoms with van der Waals surface area (Å²) in [6.07, 6.45) is 11.0. The second-order valence-corrected chi connectivity index (χ2v) is 7.21. The number of piperidine rings is 1. The smallest absolute Gasteiger partial charge is 0.276 e. The zero-order chi connectivity index (χ0) is 15.6. The molecule has 23 heavy (non-hydrogen) atoms. The van der Waals surface area contributed by atoms with Crippen molar-refractivity contribution in [3.8, 4) is 0 Å². The largest absolute Gasteiger partial charge is 0.337 e. The lowest BCUT2D eigenvalue weighted by Gasteiger charge is -2.22. The van der Waals surface area contributed by atoms with E-state index in [2.05, 4.69) is 27.8 Å². The molecule has 1 amide bonds. The maximum Gasteiger partial charge on any atom is 0.276 e. The predicted octanol–water partition coefficient (Wildman–Crippen LogP) is 1.32. The molecular formula is C17H25N5O. The van der Waals surface area contributed by atoms with Crippen molar-refractivity contribution in [2.24, 2.45) is 17.8 Å². The molecule has 0 saturated carbocycles. The standard InChI is InChI=1S/C17H25N5O/c23-17(21-10-14-5-1-2-6-15(14)11-21)16-12-22(20-19-16)9-13-4-3-7-18-8-13/h1-2,12-15,18H,3-11H2/t13-,14-,15+/m0/s1. The van der Waals surface area contributed by atoms with Gasteiger partial charge in [-0.15, -0.1) is 5.10 Å². The van der Waals surface area contributed by atoms with E-state index in [-0.39, 0.29) is 5.91 Å². The highest BCUT2D eigenvalue weighted by Crippen LogP contribution is 2.33. The lowest BCUT2D eigenvalue weighted by atomic mass is 9.86. The number of carbonyl (C=O) groups is 1. The van der Waals surface area contributed by atoms with Gasteiger partial charge in [-0.2, -0.15) is 0 Å². The molecule has 0 aromatic carbocycles. The van der Waals surface area contributed by atoms with Gasteiger partial charge in [0.15, 0.2) is 5.69 Å². The Kier molecular flexibility index (Phi) is 4.16. The van der Waals surface area contributed by atoms with Crippen molar-refractivity contribution in [2.45, 2.75) is 32.2 Å². The van der Waals surface area contributed by atoms with Crippen LogP contribution in [-0.4, -0.2) is 52.0 Å². The number of hydrogen-bond donors (Lipinski definition) is 1. The SMILES string of the molecule is O=C(c1cn(C[C@H]2CCCNC2)nn1)N1C[C@H]2CC=CC[C@H]2C1. The molecular weight excluding hydrogens is 290 g/mol. The highest BCUT2D eigenvalue weighted by molar-refractivity contribution is 5.92. The molecule has 1 aromatic rings. The Morgan fingerprint density at radius 2 is 2.04 bits per heavy atom. The zero-order valence-electron chi connectivity index (χ0n) is 13.5. The van der Waals surface area contributed by atoms with Crippen LogP contribution in [0.5, 0.6) is 0 Å². The molecule has 0 unspecified atom stereocenters. The van der Waals surface area contributed by atoms with Crippen molar-refractivity contribution >= 4 is 5.91 Å². The molecule has 1 aliphatic carbocycles. The van der Waals surface area contributed by atoms with Crippen molar-refractivity contribution in [3.63, 3.8) is 0 Å². The summed E-state index contributed by atoms with van der Waals surface area (Å²) >= 11 is 0. The second-order valence-electron chi connectivity index (χ2n) is 7.21. The van der Waals surface area contributed by atoms with Gasteiger partial charge in [0, 0.05) is 19.6 Å². The van der Waals surface area contributed by atoms with Crippen LogP contribution in [0, 0.1) is 17.8 Å². The maximum atomic E-state index is 12.7. The molecule has 3 aliphatic rings. The fraction of sp³-hybridized carbons (Fsp3) is 0.706. The molecule has 3 heterocycles. The molecule has 6 nitrogen and oxygen atoms in total. The number of carbonyl (C=O) groups excluding carboxylic acids is 1. The van der Waals surface area contributed by atoms with Gasteiger partial charge in [-0.05, 0) is 56.5 Å². The summed E-state index contributed by atoms with van der Waals surface area (Å²) in [5.41, 5.74) is 0.500. The van der Waals surface area contributed by atoms with Crippen LogP contribution in [-0.2, 0) is 6.54 Å². The molecule has 6 heteroatoms. The van der Waals surface area contributed by atoms with E-state index in [0.29, 0.717) is 23.4 Å². The Hall–Kier alpha value is -1.69. The number of allylic oxidation sites excluding steroid dienone is 2. The van der Waals surface area contributed by atoms with Gasteiger partial charge in [0.25, 0.3) is 5.91 Å². The van der Waals surface area contributed by atoms with E-state index in [1.807, 2.05) is 15.8 Å². The quantitative estimate of drug-likeness (QED) is 0.855. The molecule has 124 valence electrons. The first-order valence-corrected chi connectivity index (χ1v) is 8.84. The third-order valence-electron chi connectivity index (χ3n) is 5.51. The third kappa shape index (κ3) is 3.17. The van der Waals surface area contributed by atoms with Crippen molar-refractivity contribution < 1.29 is 4.79 Å². The lowest BCUT2D eigenvalue weighted by molar-refractivity contribution is 0.0778. The Morgan fingerprint density at radius 3 is 2.74 bits per heavy atom. The van der Waals surface area contributed by atoms with Crippen LogP contribution in [0.4, 0.5) is 0 Å². The van der Waals surface area contributed by atoms with Crippen molar-refractivity contribution in [1.29, 1.82) is 0 Å². The van der Waals surface area contributed by atoms with E-state index in [1.165, 1.54) is 12.8 Å². The first-order chi connectivity index (χ1) is 11.3. The van der Waals surface area contributed by atoms with Gasteiger partial charge in [0.1, 0.15) is 0 Å². The number of nitrogens with one attached hydrogen (secondary N) is 1. The summed E-state index contributed by atoms with van der Waals surface area (Å²) in [5, 5.41) is 11.7. The molecule has 2 fully saturated rings. The van der Waals surface area contributed by atoms with Gasteiger partial charge in [0.2, 0.25) is 0 Å². The number of hydrogen-bond acceptors (Lipinski definition) is 4. The molecule has 3 atom stereocenters. The predicted molar refractivity (Wildman–Crippen MR) is 86.9 cm³/mol. The molecule has 0 spiro atoms. The highest BCUT2D eigenvalue weighted by atomic mass is 16.2. The van der Waals surface area contributed by atoms with Crippen molar-refractivity contribution in [3.05, 3.63) is 24.0 Å². The van der Waals surface area contributed by atoms with E-state index >= 15 is 0 Å². The summed E-state index contributed by atoms with van der Waals surface area (Å²) in [4.78, 5) is 14.6. The van der Waals surface area contributed by atoms with Crippen LogP contribution in [0.2, 0.25) is 0 Å². The van der Waals surface area contributed by atoms with Crippen molar-refractivity contribution in [1.82, 2.24) is 25.2 Å². The number of nitrogens with zero attached hydrogens (tertiary/aromatic N) is 4. The summed E-state index contributed by atoms with van der Waals surface area (Å²) in [6.45, 7) is 4.73. The van der Waals surface area contributed by atoms with Gasteiger partial charge in [0.05, 0.1) is 6.20 Å². The van der Waals surface area contributed by atoms with Gasteiger partial charge < -0.3 is 10.2 Å². The molecule has 2 saturated heterocycles. The van der Waals surface area contributed by atoms with Crippen LogP contribution in [0.25, 0.3) is 0 Å². The first kappa shape index (κ1) is 14.9. The molecule has 0 bridgehead atoms. The minimum Gasteiger partial charge on any atom is -0.337 e. The summed E-state index contributed by atoms with van der Waals surface area (Å²) in [6, 6.07) is 0. The van der Waals surface area contributed by atoms with E-state index in [1.54, 1.807) is 0 Å². The fourth-order valence-electron chi connectivity index (χ4n) is 4.17. The van der Waals surface area contributed by atoms with Crippen LogP contribution < -0.4 is 5.32 Å². The number of likely N-dealkylation sites (tertiary alicyclic amines) is 1. The fourth-order valence-corrected chi connectivity index (χ4v) is 4.17.